The van der Waals surface area contributed by atoms with Gasteiger partial charge in [-0.1, -0.05) is 30.3 Å². The minimum Gasteiger partial charge on any atom is -0.373 e. The molecule has 2 heterocycles. The summed E-state index contributed by atoms with van der Waals surface area (Å²) in [6.45, 7) is 7.78. The van der Waals surface area contributed by atoms with Crippen molar-refractivity contribution in [1.29, 1.82) is 0 Å². The van der Waals surface area contributed by atoms with Gasteiger partial charge in [-0.15, -0.1) is 0 Å². The highest BCUT2D eigenvalue weighted by Crippen LogP contribution is 2.33. The molecule has 2 aromatic carbocycles. The molecular formula is C23H30N4O5S. The summed E-state index contributed by atoms with van der Waals surface area (Å²) in [5, 5.41) is 11.4. The second-order valence-corrected chi connectivity index (χ2v) is 10.6. The lowest BCUT2D eigenvalue weighted by molar-refractivity contribution is -0.385. The molecule has 2 fully saturated rings. The van der Waals surface area contributed by atoms with Crippen LogP contribution in [-0.4, -0.2) is 74.0 Å². The van der Waals surface area contributed by atoms with Crippen LogP contribution in [0.1, 0.15) is 19.4 Å². The smallest absolute Gasteiger partial charge is 0.270 e. The normalized spacial score (nSPS) is 22.9. The van der Waals surface area contributed by atoms with Gasteiger partial charge in [0.2, 0.25) is 10.0 Å². The van der Waals surface area contributed by atoms with E-state index >= 15 is 0 Å². The van der Waals surface area contributed by atoms with Crippen molar-refractivity contribution in [2.45, 2.75) is 37.5 Å². The van der Waals surface area contributed by atoms with Crippen LogP contribution in [0.3, 0.4) is 0 Å². The Kier molecular flexibility index (Phi) is 6.99. The number of sulfonamides is 1. The molecule has 0 aromatic heterocycles. The first-order valence-corrected chi connectivity index (χ1v) is 12.6. The zero-order valence-electron chi connectivity index (χ0n) is 19.0. The second-order valence-electron chi connectivity index (χ2n) is 8.74. The number of piperazine rings is 1. The summed E-state index contributed by atoms with van der Waals surface area (Å²) >= 11 is 0. The van der Waals surface area contributed by atoms with Crippen LogP contribution in [0.15, 0.2) is 53.4 Å². The van der Waals surface area contributed by atoms with E-state index in [0.717, 1.165) is 19.6 Å². The Morgan fingerprint density at radius 2 is 1.64 bits per heavy atom. The van der Waals surface area contributed by atoms with Gasteiger partial charge in [0, 0.05) is 57.9 Å². The molecular weight excluding hydrogens is 444 g/mol. The molecule has 2 atom stereocenters. The van der Waals surface area contributed by atoms with Gasteiger partial charge in [0.05, 0.1) is 22.8 Å². The fourth-order valence-corrected chi connectivity index (χ4v) is 6.36. The summed E-state index contributed by atoms with van der Waals surface area (Å²) < 4.78 is 34.3. The van der Waals surface area contributed by atoms with Gasteiger partial charge >= 0.3 is 0 Å². The van der Waals surface area contributed by atoms with E-state index < -0.39 is 14.9 Å². The van der Waals surface area contributed by atoms with Crippen molar-refractivity contribution in [3.63, 3.8) is 0 Å². The highest BCUT2D eigenvalue weighted by Gasteiger charge is 2.36. The van der Waals surface area contributed by atoms with Crippen LogP contribution in [0, 0.1) is 10.1 Å². The monoisotopic (exact) mass is 474 g/mol. The molecule has 178 valence electrons. The molecule has 2 aliphatic rings. The van der Waals surface area contributed by atoms with E-state index in [-0.39, 0.29) is 35.9 Å². The van der Waals surface area contributed by atoms with Gasteiger partial charge in [-0.25, -0.2) is 8.42 Å². The number of anilines is 1. The number of hydrogen-bond acceptors (Lipinski definition) is 7. The van der Waals surface area contributed by atoms with Crippen molar-refractivity contribution in [1.82, 2.24) is 9.21 Å². The number of rotatable bonds is 6. The predicted octanol–water partition coefficient (Wildman–Crippen LogP) is 2.71. The number of nitro benzene ring substituents is 1. The quantitative estimate of drug-likeness (QED) is 0.469. The largest absolute Gasteiger partial charge is 0.373 e. The van der Waals surface area contributed by atoms with Gasteiger partial charge in [-0.3, -0.25) is 15.0 Å². The van der Waals surface area contributed by atoms with Gasteiger partial charge in [0.1, 0.15) is 4.90 Å². The number of benzene rings is 2. The Bertz CT molecular complexity index is 1080. The van der Waals surface area contributed by atoms with E-state index in [1.807, 2.05) is 36.9 Å². The first-order valence-electron chi connectivity index (χ1n) is 11.2. The summed E-state index contributed by atoms with van der Waals surface area (Å²) in [5.41, 5.74) is 1.53. The van der Waals surface area contributed by atoms with Crippen LogP contribution in [-0.2, 0) is 21.3 Å². The van der Waals surface area contributed by atoms with Crippen LogP contribution in [0.25, 0.3) is 0 Å². The van der Waals surface area contributed by atoms with Crippen LogP contribution in [0.5, 0.6) is 0 Å². The van der Waals surface area contributed by atoms with E-state index in [4.69, 9.17) is 4.74 Å². The second kappa shape index (κ2) is 9.76. The predicted molar refractivity (Wildman–Crippen MR) is 126 cm³/mol. The number of nitro groups is 1. The molecule has 0 amide bonds. The lowest BCUT2D eigenvalue weighted by Crippen LogP contribution is -2.49. The van der Waals surface area contributed by atoms with Crippen molar-refractivity contribution in [2.24, 2.45) is 0 Å². The van der Waals surface area contributed by atoms with Crippen molar-refractivity contribution in [3.05, 3.63) is 64.2 Å². The maximum Gasteiger partial charge on any atom is 0.270 e. The van der Waals surface area contributed by atoms with E-state index in [2.05, 4.69) is 17.0 Å². The van der Waals surface area contributed by atoms with E-state index in [9.17, 15) is 18.5 Å². The summed E-state index contributed by atoms with van der Waals surface area (Å²) in [4.78, 5) is 15.2. The molecule has 2 aromatic rings. The Balaban J connectivity index is 1.58. The Hall–Kier alpha value is -2.53. The molecule has 0 saturated carbocycles. The molecule has 2 saturated heterocycles. The van der Waals surface area contributed by atoms with Crippen molar-refractivity contribution < 1.29 is 18.1 Å². The lowest BCUT2D eigenvalue weighted by Gasteiger charge is -2.38. The zero-order chi connectivity index (χ0) is 23.6. The SMILES string of the molecule is C[C@@H]1CN(S(=O)(=O)c2cc([N+](=O)[O-])ccc2N2CCN(Cc3ccccc3)CC2)C[C@H](C)O1. The van der Waals surface area contributed by atoms with Crippen LogP contribution < -0.4 is 4.90 Å². The molecule has 4 rings (SSSR count). The van der Waals surface area contributed by atoms with Crippen molar-refractivity contribution in [2.75, 3.05) is 44.2 Å². The van der Waals surface area contributed by atoms with Crippen LogP contribution in [0.4, 0.5) is 11.4 Å². The van der Waals surface area contributed by atoms with Crippen molar-refractivity contribution >= 4 is 21.4 Å². The van der Waals surface area contributed by atoms with Gasteiger partial charge in [-0.05, 0) is 25.5 Å². The van der Waals surface area contributed by atoms with Gasteiger partial charge in [0.15, 0.2) is 0 Å². The molecule has 0 N–H and O–H groups in total. The first kappa shape index (κ1) is 23.6. The highest BCUT2D eigenvalue weighted by atomic mass is 32.2. The maximum atomic E-state index is 13.6. The summed E-state index contributed by atoms with van der Waals surface area (Å²) in [5.74, 6) is 0. The lowest BCUT2D eigenvalue weighted by atomic mass is 10.2. The number of morpholine rings is 1. The fraction of sp³-hybridized carbons (Fsp3) is 0.478. The third kappa shape index (κ3) is 5.35. The minimum atomic E-state index is -3.93. The number of nitrogens with zero attached hydrogens (tertiary/aromatic N) is 4. The third-order valence-corrected chi connectivity index (χ3v) is 7.98. The molecule has 9 nitrogen and oxygen atoms in total. The standard InChI is InChI=1S/C23H30N4O5S/c1-18-15-26(16-19(2)32-18)33(30,31)23-14-21(27(28)29)8-9-22(23)25-12-10-24(11-13-25)17-20-6-4-3-5-7-20/h3-9,14,18-19H,10-13,15-17H2,1-2H3/t18-,19+. The molecule has 10 heteroatoms. The summed E-state index contributed by atoms with van der Waals surface area (Å²) in [7, 11) is -3.93. The molecule has 0 bridgehead atoms. The average Bonchev–Trinajstić information content (AvgIpc) is 2.79. The van der Waals surface area contributed by atoms with Gasteiger partial charge < -0.3 is 9.64 Å². The van der Waals surface area contributed by atoms with Crippen LogP contribution in [0.2, 0.25) is 0 Å². The van der Waals surface area contributed by atoms with Gasteiger partial charge in [0.25, 0.3) is 5.69 Å². The Morgan fingerprint density at radius 1 is 1.00 bits per heavy atom. The third-order valence-electron chi connectivity index (χ3n) is 6.12. The zero-order valence-corrected chi connectivity index (χ0v) is 19.8. The highest BCUT2D eigenvalue weighted by molar-refractivity contribution is 7.89. The Morgan fingerprint density at radius 3 is 2.24 bits per heavy atom. The summed E-state index contributed by atoms with van der Waals surface area (Å²) in [6, 6.07) is 14.4. The molecule has 0 spiro atoms. The fourth-order valence-electron chi connectivity index (χ4n) is 4.54. The molecule has 0 aliphatic carbocycles. The number of non-ortho nitro benzene ring substituents is 1. The minimum absolute atomic E-state index is 0.00508. The first-order chi connectivity index (χ1) is 15.7. The average molecular weight is 475 g/mol. The maximum absolute atomic E-state index is 13.6. The summed E-state index contributed by atoms with van der Waals surface area (Å²) in [6.07, 6.45) is -0.487. The topological polar surface area (TPSA) is 96.2 Å². The Labute approximate surface area is 194 Å². The van der Waals surface area contributed by atoms with Crippen molar-refractivity contribution in [3.8, 4) is 0 Å². The van der Waals surface area contributed by atoms with E-state index in [0.29, 0.717) is 18.8 Å². The number of hydrogen-bond donors (Lipinski definition) is 0. The van der Waals surface area contributed by atoms with E-state index in [1.54, 1.807) is 6.07 Å². The molecule has 0 radical (unpaired) electrons. The van der Waals surface area contributed by atoms with Gasteiger partial charge in [-0.2, -0.15) is 4.31 Å². The molecule has 33 heavy (non-hydrogen) atoms. The molecule has 0 unspecified atom stereocenters. The molecule has 2 aliphatic heterocycles. The number of ether oxygens (including phenoxy) is 1. The van der Waals surface area contributed by atoms with E-state index in [1.165, 1.54) is 22.0 Å². The van der Waals surface area contributed by atoms with Crippen LogP contribution >= 0.6 is 0 Å².